The highest BCUT2D eigenvalue weighted by Gasteiger charge is 2.15. The molecule has 1 heterocycles. The number of hydrogen-bond donors (Lipinski definition) is 2. The van der Waals surface area contributed by atoms with E-state index in [1.54, 1.807) is 42.5 Å². The van der Waals surface area contributed by atoms with Gasteiger partial charge in [0, 0.05) is 11.1 Å². The lowest BCUT2D eigenvalue weighted by Gasteiger charge is -2.18. The Hall–Kier alpha value is -3.22. The van der Waals surface area contributed by atoms with Crippen molar-refractivity contribution in [3.05, 3.63) is 53.6 Å². The van der Waals surface area contributed by atoms with E-state index in [0.29, 0.717) is 48.2 Å². The number of fused-ring (bicyclic) bond motifs is 1. The van der Waals surface area contributed by atoms with Crippen molar-refractivity contribution in [1.82, 2.24) is 10.9 Å². The molecule has 0 aromatic heterocycles. The van der Waals surface area contributed by atoms with E-state index in [1.807, 2.05) is 6.92 Å². The van der Waals surface area contributed by atoms with Crippen molar-refractivity contribution in [3.8, 4) is 17.2 Å². The van der Waals surface area contributed by atoms with Crippen molar-refractivity contribution in [1.29, 1.82) is 0 Å². The van der Waals surface area contributed by atoms with Crippen LogP contribution in [0.2, 0.25) is 0 Å². The maximum absolute atomic E-state index is 12.2. The van der Waals surface area contributed by atoms with Gasteiger partial charge >= 0.3 is 0 Å². The van der Waals surface area contributed by atoms with E-state index in [9.17, 15) is 9.59 Å². The molecule has 3 rings (SSSR count). The molecule has 0 radical (unpaired) electrons. The lowest BCUT2D eigenvalue weighted by Crippen LogP contribution is -2.41. The second-order valence-electron chi connectivity index (χ2n) is 5.64. The van der Waals surface area contributed by atoms with Crippen molar-refractivity contribution in [3.63, 3.8) is 0 Å². The zero-order valence-corrected chi connectivity index (χ0v) is 14.4. The Labute approximate surface area is 151 Å². The van der Waals surface area contributed by atoms with Gasteiger partial charge in [-0.15, -0.1) is 0 Å². The second-order valence-corrected chi connectivity index (χ2v) is 5.64. The lowest BCUT2D eigenvalue weighted by atomic mass is 10.2. The molecule has 0 spiro atoms. The molecule has 0 aliphatic carbocycles. The summed E-state index contributed by atoms with van der Waals surface area (Å²) in [6.45, 7) is 3.50. The third kappa shape index (κ3) is 4.24. The van der Waals surface area contributed by atoms with Gasteiger partial charge in [-0.25, -0.2) is 0 Å². The third-order valence-electron chi connectivity index (χ3n) is 3.66. The number of amides is 2. The number of hydrazine groups is 1. The van der Waals surface area contributed by atoms with Gasteiger partial charge in [-0.1, -0.05) is 13.0 Å². The van der Waals surface area contributed by atoms with Gasteiger partial charge in [-0.3, -0.25) is 20.4 Å². The molecule has 0 atom stereocenters. The van der Waals surface area contributed by atoms with Crippen molar-refractivity contribution < 1.29 is 23.8 Å². The average molecular weight is 356 g/mol. The molecule has 1 aliphatic heterocycles. The van der Waals surface area contributed by atoms with Gasteiger partial charge in [0.25, 0.3) is 11.8 Å². The van der Waals surface area contributed by atoms with E-state index in [-0.39, 0.29) is 0 Å². The molecule has 0 saturated carbocycles. The quantitative estimate of drug-likeness (QED) is 0.803. The van der Waals surface area contributed by atoms with E-state index in [1.165, 1.54) is 0 Å². The highest BCUT2D eigenvalue weighted by Crippen LogP contribution is 2.30. The van der Waals surface area contributed by atoms with Crippen LogP contribution in [0.1, 0.15) is 34.1 Å². The average Bonchev–Trinajstić information content (AvgIpc) is 2.70. The second kappa shape index (κ2) is 8.24. The van der Waals surface area contributed by atoms with Crippen molar-refractivity contribution in [2.45, 2.75) is 13.3 Å². The standard InChI is InChI=1S/C19H20N2O5/c1-2-8-24-15-5-3-4-13(11-15)18(22)20-21-19(23)14-6-7-16-17(12-14)26-10-9-25-16/h3-7,11-12H,2,8-10H2,1H3,(H,20,22)(H,21,23). The largest absolute Gasteiger partial charge is 0.494 e. The first-order valence-corrected chi connectivity index (χ1v) is 8.40. The van der Waals surface area contributed by atoms with Crippen LogP contribution in [0.3, 0.4) is 0 Å². The van der Waals surface area contributed by atoms with Crippen LogP contribution in [0.15, 0.2) is 42.5 Å². The number of nitrogens with one attached hydrogen (secondary N) is 2. The zero-order chi connectivity index (χ0) is 18.4. The highest BCUT2D eigenvalue weighted by molar-refractivity contribution is 5.99. The molecule has 7 heteroatoms. The molecule has 2 aromatic rings. The predicted molar refractivity (Wildman–Crippen MR) is 94.6 cm³/mol. The van der Waals surface area contributed by atoms with Crippen LogP contribution >= 0.6 is 0 Å². The summed E-state index contributed by atoms with van der Waals surface area (Å²) in [6, 6.07) is 11.6. The fourth-order valence-electron chi connectivity index (χ4n) is 2.39. The zero-order valence-electron chi connectivity index (χ0n) is 14.4. The monoisotopic (exact) mass is 356 g/mol. The lowest BCUT2D eigenvalue weighted by molar-refractivity contribution is 0.0846. The Morgan fingerprint density at radius 2 is 1.65 bits per heavy atom. The van der Waals surface area contributed by atoms with E-state index in [0.717, 1.165) is 6.42 Å². The number of rotatable bonds is 5. The van der Waals surface area contributed by atoms with Crippen LogP contribution in [0.4, 0.5) is 0 Å². The maximum Gasteiger partial charge on any atom is 0.269 e. The predicted octanol–water partition coefficient (Wildman–Crippen LogP) is 2.32. The summed E-state index contributed by atoms with van der Waals surface area (Å²) in [5.74, 6) is 0.834. The van der Waals surface area contributed by atoms with E-state index >= 15 is 0 Å². The molecular formula is C19H20N2O5. The molecule has 26 heavy (non-hydrogen) atoms. The Kier molecular flexibility index (Phi) is 5.58. The number of hydrogen-bond acceptors (Lipinski definition) is 5. The first kappa shape index (κ1) is 17.6. The van der Waals surface area contributed by atoms with Crippen molar-refractivity contribution >= 4 is 11.8 Å². The first-order chi connectivity index (χ1) is 12.7. The molecule has 0 unspecified atom stereocenters. The number of carbonyl (C=O) groups excluding carboxylic acids is 2. The summed E-state index contributed by atoms with van der Waals surface area (Å²) in [6.07, 6.45) is 0.877. The molecule has 2 N–H and O–H groups in total. The minimum Gasteiger partial charge on any atom is -0.494 e. The van der Waals surface area contributed by atoms with Crippen LogP contribution in [0.25, 0.3) is 0 Å². The van der Waals surface area contributed by atoms with Gasteiger partial charge in [0.15, 0.2) is 11.5 Å². The SMILES string of the molecule is CCCOc1cccc(C(=O)NNC(=O)c2ccc3c(c2)OCCO3)c1. The summed E-state index contributed by atoms with van der Waals surface area (Å²) in [5, 5.41) is 0. The van der Waals surface area contributed by atoms with Crippen molar-refractivity contribution in [2.24, 2.45) is 0 Å². The summed E-state index contributed by atoms with van der Waals surface area (Å²) in [5.41, 5.74) is 5.53. The Morgan fingerprint density at radius 3 is 2.38 bits per heavy atom. The summed E-state index contributed by atoms with van der Waals surface area (Å²) in [4.78, 5) is 24.4. The third-order valence-corrected chi connectivity index (χ3v) is 3.66. The summed E-state index contributed by atoms with van der Waals surface area (Å²) < 4.78 is 16.4. The molecule has 2 aromatic carbocycles. The number of ether oxygens (including phenoxy) is 3. The molecular weight excluding hydrogens is 336 g/mol. The molecule has 2 amide bonds. The van der Waals surface area contributed by atoms with Crippen LogP contribution in [-0.4, -0.2) is 31.6 Å². The van der Waals surface area contributed by atoms with Gasteiger partial charge in [0.05, 0.1) is 6.61 Å². The van der Waals surface area contributed by atoms with Gasteiger partial charge < -0.3 is 14.2 Å². The molecule has 0 fully saturated rings. The summed E-state index contributed by atoms with van der Waals surface area (Å²) >= 11 is 0. The smallest absolute Gasteiger partial charge is 0.269 e. The van der Waals surface area contributed by atoms with Gasteiger partial charge in [-0.05, 0) is 42.8 Å². The number of benzene rings is 2. The highest BCUT2D eigenvalue weighted by atomic mass is 16.6. The van der Waals surface area contributed by atoms with E-state index < -0.39 is 11.8 Å². The normalized spacial score (nSPS) is 12.2. The molecule has 136 valence electrons. The Bertz CT molecular complexity index is 806. The first-order valence-electron chi connectivity index (χ1n) is 8.40. The fraction of sp³-hybridized carbons (Fsp3) is 0.263. The van der Waals surface area contributed by atoms with Gasteiger partial charge in [0.1, 0.15) is 19.0 Å². The molecule has 0 bridgehead atoms. The minimum absolute atomic E-state index is 0.356. The van der Waals surface area contributed by atoms with Gasteiger partial charge in [0.2, 0.25) is 0 Å². The van der Waals surface area contributed by atoms with Crippen molar-refractivity contribution in [2.75, 3.05) is 19.8 Å². The van der Waals surface area contributed by atoms with Crippen LogP contribution in [0, 0.1) is 0 Å². The van der Waals surface area contributed by atoms with Crippen LogP contribution in [0.5, 0.6) is 17.2 Å². The van der Waals surface area contributed by atoms with E-state index in [4.69, 9.17) is 14.2 Å². The molecule has 7 nitrogen and oxygen atoms in total. The Balaban J connectivity index is 1.59. The van der Waals surface area contributed by atoms with E-state index in [2.05, 4.69) is 10.9 Å². The minimum atomic E-state index is -0.450. The Morgan fingerprint density at radius 1 is 0.962 bits per heavy atom. The van der Waals surface area contributed by atoms with Crippen LogP contribution < -0.4 is 25.1 Å². The molecule has 0 saturated heterocycles. The van der Waals surface area contributed by atoms with Crippen LogP contribution in [-0.2, 0) is 0 Å². The molecule has 1 aliphatic rings. The maximum atomic E-state index is 12.2. The van der Waals surface area contributed by atoms with Gasteiger partial charge in [-0.2, -0.15) is 0 Å². The number of carbonyl (C=O) groups is 2. The topological polar surface area (TPSA) is 85.9 Å². The summed E-state index contributed by atoms with van der Waals surface area (Å²) in [7, 11) is 0. The fourth-order valence-corrected chi connectivity index (χ4v) is 2.39.